The minimum absolute atomic E-state index is 0.0140. The number of carbonyl (C=O) groups excluding carboxylic acids is 2. The summed E-state index contributed by atoms with van der Waals surface area (Å²) in [6.07, 6.45) is 6.81. The maximum Gasteiger partial charge on any atom is 0.185 e. The quantitative estimate of drug-likeness (QED) is 0.314. The van der Waals surface area contributed by atoms with Gasteiger partial charge in [-0.2, -0.15) is 0 Å². The monoisotopic (exact) mass is 466 g/mol. The Bertz CT molecular complexity index is 1230. The molecular formula is C27H25F3N2O2. The largest absolute Gasteiger partial charge is 0.298 e. The average Bonchev–Trinajstić information content (AvgIpc) is 2.80. The van der Waals surface area contributed by atoms with Crippen LogP contribution >= 0.6 is 0 Å². The molecule has 2 heterocycles. The summed E-state index contributed by atoms with van der Waals surface area (Å²) in [6, 6.07) is 5.92. The molecule has 1 aliphatic carbocycles. The zero-order valence-corrected chi connectivity index (χ0v) is 19.0. The molecule has 0 amide bonds. The maximum absolute atomic E-state index is 14.6. The van der Waals surface area contributed by atoms with Gasteiger partial charge in [0, 0.05) is 18.8 Å². The van der Waals surface area contributed by atoms with E-state index < -0.39 is 40.1 Å². The van der Waals surface area contributed by atoms with E-state index in [1.807, 2.05) is 6.07 Å². The van der Waals surface area contributed by atoms with Crippen molar-refractivity contribution in [1.82, 2.24) is 9.97 Å². The van der Waals surface area contributed by atoms with Gasteiger partial charge in [0.15, 0.2) is 12.1 Å². The van der Waals surface area contributed by atoms with Crippen LogP contribution in [-0.4, -0.2) is 22.0 Å². The number of rotatable bonds is 6. The first-order chi connectivity index (χ1) is 16.3. The Morgan fingerprint density at radius 1 is 1.00 bits per heavy atom. The number of benzene rings is 1. The van der Waals surface area contributed by atoms with Crippen molar-refractivity contribution in [3.63, 3.8) is 0 Å². The molecule has 0 radical (unpaired) electrons. The summed E-state index contributed by atoms with van der Waals surface area (Å²) in [5.74, 6) is -2.23. The van der Waals surface area contributed by atoms with E-state index in [2.05, 4.69) is 23.8 Å². The fourth-order valence-corrected chi connectivity index (χ4v) is 5.10. The van der Waals surface area contributed by atoms with Crippen LogP contribution in [0.15, 0.2) is 42.7 Å². The van der Waals surface area contributed by atoms with Gasteiger partial charge in [-0.1, -0.05) is 13.8 Å². The van der Waals surface area contributed by atoms with Crippen molar-refractivity contribution in [3.8, 4) is 11.3 Å². The zero-order valence-electron chi connectivity index (χ0n) is 19.0. The van der Waals surface area contributed by atoms with Crippen LogP contribution in [0.5, 0.6) is 0 Å². The van der Waals surface area contributed by atoms with Crippen LogP contribution < -0.4 is 0 Å². The van der Waals surface area contributed by atoms with Gasteiger partial charge < -0.3 is 0 Å². The van der Waals surface area contributed by atoms with Gasteiger partial charge in [0.1, 0.15) is 28.8 Å². The van der Waals surface area contributed by atoms with Gasteiger partial charge in [-0.05, 0) is 78.5 Å². The smallest absolute Gasteiger partial charge is 0.185 e. The number of hydrogen-bond donors (Lipinski definition) is 0. The number of carbonyl (C=O) groups is 2. The van der Waals surface area contributed by atoms with E-state index in [4.69, 9.17) is 0 Å². The molecule has 0 bridgehead atoms. The molecule has 1 aliphatic rings. The second-order valence-electron chi connectivity index (χ2n) is 9.26. The Morgan fingerprint density at radius 2 is 1.71 bits per heavy atom. The molecule has 1 unspecified atom stereocenters. The number of aldehydes is 1. The van der Waals surface area contributed by atoms with E-state index in [1.165, 1.54) is 12.5 Å². The minimum atomic E-state index is -1.22. The van der Waals surface area contributed by atoms with Gasteiger partial charge in [-0.15, -0.1) is 0 Å². The van der Waals surface area contributed by atoms with E-state index in [9.17, 15) is 22.8 Å². The van der Waals surface area contributed by atoms with Gasteiger partial charge in [0.05, 0.1) is 11.1 Å². The van der Waals surface area contributed by atoms with Gasteiger partial charge in [-0.25, -0.2) is 18.2 Å². The Balaban J connectivity index is 1.66. The molecular weight excluding hydrogens is 441 g/mol. The highest BCUT2D eigenvalue weighted by Crippen LogP contribution is 2.40. The number of pyridine rings is 2. The van der Waals surface area contributed by atoms with E-state index >= 15 is 0 Å². The van der Waals surface area contributed by atoms with Gasteiger partial charge in [0.25, 0.3) is 0 Å². The fraction of sp³-hybridized carbons (Fsp3) is 0.333. The summed E-state index contributed by atoms with van der Waals surface area (Å²) in [7, 11) is 0. The number of halogens is 3. The predicted molar refractivity (Wildman–Crippen MR) is 122 cm³/mol. The molecule has 0 spiro atoms. The van der Waals surface area contributed by atoms with Gasteiger partial charge >= 0.3 is 0 Å². The van der Waals surface area contributed by atoms with Crippen LogP contribution in [0.3, 0.4) is 0 Å². The first-order valence-corrected chi connectivity index (χ1v) is 11.3. The van der Waals surface area contributed by atoms with E-state index in [0.717, 1.165) is 42.2 Å². The third-order valence-corrected chi connectivity index (χ3v) is 6.53. The Morgan fingerprint density at radius 3 is 2.41 bits per heavy atom. The Labute approximate surface area is 196 Å². The summed E-state index contributed by atoms with van der Waals surface area (Å²) >= 11 is 0. The molecule has 2 aromatic heterocycles. The van der Waals surface area contributed by atoms with Crippen LogP contribution in [-0.2, 0) is 6.42 Å². The van der Waals surface area contributed by atoms with Crippen LogP contribution in [0.1, 0.15) is 71.0 Å². The molecule has 4 rings (SSSR count). The van der Waals surface area contributed by atoms with Crippen molar-refractivity contribution < 1.29 is 22.8 Å². The summed E-state index contributed by atoms with van der Waals surface area (Å²) in [5, 5.41) is 0. The predicted octanol–water partition coefficient (Wildman–Crippen LogP) is 6.34. The van der Waals surface area contributed by atoms with Crippen LogP contribution in [0.2, 0.25) is 0 Å². The Kier molecular flexibility index (Phi) is 6.91. The average molecular weight is 467 g/mol. The number of hydrogen-bond acceptors (Lipinski definition) is 4. The molecule has 176 valence electrons. The lowest BCUT2D eigenvalue weighted by Crippen LogP contribution is -2.20. The summed E-state index contributed by atoms with van der Waals surface area (Å²) in [5.41, 5.74) is -0.126. The van der Waals surface area contributed by atoms with Gasteiger partial charge in [-0.3, -0.25) is 14.6 Å². The SMILES string of the molecule is C[C@@H]1CC(c2ccncc2CC(=O)c2ccc(F)c(-c3c(F)ccc(C=O)c3F)n2)C[C@H](C)C1. The molecule has 4 nitrogen and oxygen atoms in total. The summed E-state index contributed by atoms with van der Waals surface area (Å²) in [4.78, 5) is 32.3. The lowest BCUT2D eigenvalue weighted by atomic mass is 9.73. The molecule has 7 heteroatoms. The van der Waals surface area contributed by atoms with Crippen molar-refractivity contribution >= 4 is 12.1 Å². The topological polar surface area (TPSA) is 59.9 Å². The lowest BCUT2D eigenvalue weighted by molar-refractivity contribution is 0.0987. The van der Waals surface area contributed by atoms with Crippen LogP contribution in [0.25, 0.3) is 11.3 Å². The fourth-order valence-electron chi connectivity index (χ4n) is 5.10. The summed E-state index contributed by atoms with van der Waals surface area (Å²) in [6.45, 7) is 4.47. The third kappa shape index (κ3) is 4.79. The second-order valence-corrected chi connectivity index (χ2v) is 9.26. The minimum Gasteiger partial charge on any atom is -0.298 e. The molecule has 0 saturated heterocycles. The highest BCUT2D eigenvalue weighted by molar-refractivity contribution is 5.96. The first kappa shape index (κ1) is 23.8. The molecule has 1 fully saturated rings. The van der Waals surface area contributed by atoms with Crippen LogP contribution in [0, 0.1) is 29.3 Å². The molecule has 34 heavy (non-hydrogen) atoms. The number of ketones is 1. The number of Topliss-reactive ketones (excluding diaryl/α,β-unsaturated/α-hetero) is 1. The first-order valence-electron chi connectivity index (χ1n) is 11.3. The molecule has 1 aromatic carbocycles. The van der Waals surface area contributed by atoms with Gasteiger partial charge in [0.2, 0.25) is 0 Å². The van der Waals surface area contributed by atoms with E-state index in [-0.39, 0.29) is 18.4 Å². The lowest BCUT2D eigenvalue weighted by Gasteiger charge is -2.32. The van der Waals surface area contributed by atoms with Crippen LogP contribution in [0.4, 0.5) is 13.2 Å². The molecule has 0 N–H and O–H groups in total. The van der Waals surface area contributed by atoms with Crippen molar-refractivity contribution in [2.24, 2.45) is 11.8 Å². The highest BCUT2D eigenvalue weighted by atomic mass is 19.1. The van der Waals surface area contributed by atoms with Crippen molar-refractivity contribution in [2.75, 3.05) is 0 Å². The number of aromatic nitrogens is 2. The molecule has 0 aliphatic heterocycles. The Hall–Kier alpha value is -3.35. The standard InChI is InChI=1S/C27H25F3N2O2/c1-15-9-16(2)11-18(10-15)20-7-8-31-13-19(20)12-24(34)23-6-5-22(29)27(32-23)25-21(28)4-3-17(14-33)26(25)30/h3-8,13-16,18H,9-12H2,1-2H3/t15-,16+,18?. The summed E-state index contributed by atoms with van der Waals surface area (Å²) < 4.78 is 43.5. The van der Waals surface area contributed by atoms with Crippen molar-refractivity contribution in [3.05, 3.63) is 82.6 Å². The van der Waals surface area contributed by atoms with Crippen molar-refractivity contribution in [1.29, 1.82) is 0 Å². The maximum atomic E-state index is 14.6. The third-order valence-electron chi connectivity index (χ3n) is 6.53. The number of nitrogens with zero attached hydrogens (tertiary/aromatic N) is 2. The second kappa shape index (κ2) is 9.87. The highest BCUT2D eigenvalue weighted by Gasteiger charge is 2.28. The van der Waals surface area contributed by atoms with Crippen molar-refractivity contribution in [2.45, 2.75) is 45.4 Å². The van der Waals surface area contributed by atoms with E-state index in [1.54, 1.807) is 12.4 Å². The normalized spacial score (nSPS) is 20.2. The molecule has 3 aromatic rings. The van der Waals surface area contributed by atoms with E-state index in [0.29, 0.717) is 17.8 Å². The zero-order chi connectivity index (χ0) is 24.4. The molecule has 3 atom stereocenters. The molecule has 1 saturated carbocycles.